The summed E-state index contributed by atoms with van der Waals surface area (Å²) in [7, 11) is 0. The van der Waals surface area contributed by atoms with E-state index >= 15 is 0 Å². The van der Waals surface area contributed by atoms with Gasteiger partial charge in [-0.15, -0.1) is 5.10 Å². The molecule has 200 valence electrons. The molecular formula is C21H21F6N7O3. The Bertz CT molecular complexity index is 1290. The summed E-state index contributed by atoms with van der Waals surface area (Å²) in [5.74, 6) is -0.413. The third-order valence-electron chi connectivity index (χ3n) is 5.01. The normalized spacial score (nSPS) is 11.9. The summed E-state index contributed by atoms with van der Waals surface area (Å²) in [5.41, 5.74) is -2.24. The van der Waals surface area contributed by atoms with Crippen molar-refractivity contribution in [3.05, 3.63) is 46.0 Å². The highest BCUT2D eigenvalue weighted by Crippen LogP contribution is 2.37. The van der Waals surface area contributed by atoms with Crippen LogP contribution < -0.4 is 15.4 Å². The van der Waals surface area contributed by atoms with Gasteiger partial charge in [-0.1, -0.05) is 0 Å². The number of alkyl halides is 6. The van der Waals surface area contributed by atoms with Crippen LogP contribution in [0.15, 0.2) is 12.1 Å². The minimum Gasteiger partial charge on any atom is -0.475 e. The van der Waals surface area contributed by atoms with Crippen LogP contribution in [0, 0.1) is 20.8 Å². The van der Waals surface area contributed by atoms with Crippen molar-refractivity contribution in [2.75, 3.05) is 18.5 Å². The van der Waals surface area contributed by atoms with Crippen LogP contribution in [-0.2, 0) is 18.9 Å². The van der Waals surface area contributed by atoms with Crippen molar-refractivity contribution < 1.29 is 41.0 Å². The number of H-pyrrole nitrogens is 1. The van der Waals surface area contributed by atoms with Crippen LogP contribution in [0.25, 0.3) is 11.3 Å². The second-order valence-corrected chi connectivity index (χ2v) is 7.80. The molecule has 0 atom stereocenters. The quantitative estimate of drug-likeness (QED) is 0.338. The summed E-state index contributed by atoms with van der Waals surface area (Å²) in [6, 6.07) is 1.14. The van der Waals surface area contributed by atoms with Crippen LogP contribution in [0.2, 0.25) is 0 Å². The zero-order valence-corrected chi connectivity index (χ0v) is 19.6. The largest absolute Gasteiger partial charge is 0.475 e. The fraction of sp³-hybridized carbons (Fsp3) is 0.381. The number of nitrogens with one attached hydrogen (secondary N) is 3. The number of aliphatic hydroxyl groups excluding tert-OH is 1. The van der Waals surface area contributed by atoms with Gasteiger partial charge in [-0.25, -0.2) is 9.78 Å². The number of urea groups is 1. The maximum absolute atomic E-state index is 13.3. The number of anilines is 1. The zero-order valence-electron chi connectivity index (χ0n) is 19.6. The summed E-state index contributed by atoms with van der Waals surface area (Å²) >= 11 is 0. The van der Waals surface area contributed by atoms with Gasteiger partial charge in [0.15, 0.2) is 11.4 Å². The number of rotatable bonds is 7. The van der Waals surface area contributed by atoms with Gasteiger partial charge in [-0.2, -0.15) is 36.5 Å². The Morgan fingerprint density at radius 1 is 1.08 bits per heavy atom. The molecule has 0 fully saturated rings. The van der Waals surface area contributed by atoms with Crippen LogP contribution in [0.1, 0.15) is 33.9 Å². The van der Waals surface area contributed by atoms with E-state index in [1.165, 1.54) is 26.8 Å². The first-order valence-corrected chi connectivity index (χ1v) is 10.6. The number of hydrogen-bond acceptors (Lipinski definition) is 7. The number of aromatic amines is 1. The summed E-state index contributed by atoms with van der Waals surface area (Å²) in [6.45, 7) is 3.28. The number of aromatic nitrogens is 5. The van der Waals surface area contributed by atoms with Crippen LogP contribution in [0.4, 0.5) is 36.8 Å². The third kappa shape index (κ3) is 6.44. The van der Waals surface area contributed by atoms with Gasteiger partial charge < -0.3 is 20.5 Å². The van der Waals surface area contributed by atoms with E-state index in [-0.39, 0.29) is 47.0 Å². The maximum Gasteiger partial charge on any atom is 0.435 e. The van der Waals surface area contributed by atoms with Gasteiger partial charge in [0.05, 0.1) is 35.8 Å². The number of hydrogen-bond donors (Lipinski definition) is 4. The molecule has 0 radical (unpaired) electrons. The van der Waals surface area contributed by atoms with Crippen molar-refractivity contribution in [2.45, 2.75) is 39.7 Å². The lowest BCUT2D eigenvalue weighted by Gasteiger charge is -2.16. The lowest BCUT2D eigenvalue weighted by atomic mass is 10.0. The molecule has 10 nitrogen and oxygen atoms in total. The Hall–Kier alpha value is -3.95. The van der Waals surface area contributed by atoms with Crippen LogP contribution in [0.3, 0.4) is 0 Å². The van der Waals surface area contributed by atoms with Crippen LogP contribution in [0.5, 0.6) is 5.88 Å². The summed E-state index contributed by atoms with van der Waals surface area (Å²) in [4.78, 5) is 15.8. The molecule has 0 aliphatic rings. The number of aryl methyl sites for hydroxylation is 2. The highest BCUT2D eigenvalue weighted by molar-refractivity contribution is 5.90. The van der Waals surface area contributed by atoms with Crippen molar-refractivity contribution in [1.29, 1.82) is 0 Å². The van der Waals surface area contributed by atoms with Crippen molar-refractivity contribution in [3.63, 3.8) is 0 Å². The predicted molar refractivity (Wildman–Crippen MR) is 117 cm³/mol. The van der Waals surface area contributed by atoms with E-state index < -0.39 is 42.3 Å². The molecule has 3 rings (SSSR count). The van der Waals surface area contributed by atoms with Crippen molar-refractivity contribution in [1.82, 2.24) is 30.7 Å². The van der Waals surface area contributed by atoms with E-state index in [0.717, 1.165) is 0 Å². The third-order valence-corrected chi connectivity index (χ3v) is 5.01. The molecule has 0 aromatic carbocycles. The molecule has 37 heavy (non-hydrogen) atoms. The Morgan fingerprint density at radius 2 is 1.78 bits per heavy atom. The lowest BCUT2D eigenvalue weighted by molar-refractivity contribution is -0.141. The first-order valence-electron chi connectivity index (χ1n) is 10.6. The Labute approximate surface area is 205 Å². The fourth-order valence-corrected chi connectivity index (χ4v) is 3.28. The molecule has 0 saturated carbocycles. The monoisotopic (exact) mass is 533 g/mol. The average molecular weight is 533 g/mol. The second-order valence-electron chi connectivity index (χ2n) is 7.80. The minimum absolute atomic E-state index is 0.0470. The van der Waals surface area contributed by atoms with Crippen molar-refractivity contribution in [2.24, 2.45) is 0 Å². The first-order chi connectivity index (χ1) is 17.2. The minimum atomic E-state index is -4.83. The van der Waals surface area contributed by atoms with Gasteiger partial charge in [0.2, 0.25) is 5.88 Å². The SMILES string of the molecule is Cc1cc(CNC(=O)Nc2cc(C(F)(F)F)nc(OCCO)c2C)nnc1-c1c(C(F)(F)F)n[nH]c1C. The van der Waals surface area contributed by atoms with E-state index in [0.29, 0.717) is 11.6 Å². The smallest absolute Gasteiger partial charge is 0.435 e. The number of carbonyl (C=O) groups is 1. The molecule has 0 aliphatic heterocycles. The number of aliphatic hydroxyl groups is 1. The van der Waals surface area contributed by atoms with E-state index in [1.54, 1.807) is 0 Å². The summed E-state index contributed by atoms with van der Waals surface area (Å²) in [6.07, 6.45) is -9.54. The molecule has 0 unspecified atom stereocenters. The second kappa shape index (κ2) is 10.6. The molecule has 3 aromatic rings. The zero-order chi connectivity index (χ0) is 27.5. The molecule has 3 heterocycles. The predicted octanol–water partition coefficient (Wildman–Crippen LogP) is 3.92. The van der Waals surface area contributed by atoms with Gasteiger partial charge in [0, 0.05) is 11.3 Å². The summed E-state index contributed by atoms with van der Waals surface area (Å²) in [5, 5.41) is 26.8. The van der Waals surface area contributed by atoms with Gasteiger partial charge in [-0.05, 0) is 38.5 Å². The Morgan fingerprint density at radius 3 is 2.38 bits per heavy atom. The Balaban J connectivity index is 1.76. The molecule has 0 saturated heterocycles. The number of nitrogens with zero attached hydrogens (tertiary/aromatic N) is 4. The highest BCUT2D eigenvalue weighted by Gasteiger charge is 2.39. The van der Waals surface area contributed by atoms with Gasteiger partial charge in [0.1, 0.15) is 6.61 Å². The number of ether oxygens (including phenoxy) is 1. The molecule has 0 spiro atoms. The molecule has 3 aromatic heterocycles. The Kier molecular flexibility index (Phi) is 7.90. The number of halogens is 6. The van der Waals surface area contributed by atoms with Crippen LogP contribution in [-0.4, -0.2) is 49.7 Å². The van der Waals surface area contributed by atoms with Crippen molar-refractivity contribution in [3.8, 4) is 17.1 Å². The van der Waals surface area contributed by atoms with E-state index in [4.69, 9.17) is 9.84 Å². The maximum atomic E-state index is 13.3. The van der Waals surface area contributed by atoms with Gasteiger partial charge in [0.25, 0.3) is 0 Å². The number of amides is 2. The molecule has 16 heteroatoms. The molecule has 0 bridgehead atoms. The van der Waals surface area contributed by atoms with E-state index in [2.05, 4.69) is 36.0 Å². The van der Waals surface area contributed by atoms with E-state index in [1.807, 2.05) is 0 Å². The van der Waals surface area contributed by atoms with Crippen molar-refractivity contribution >= 4 is 11.7 Å². The fourth-order valence-electron chi connectivity index (χ4n) is 3.28. The number of pyridine rings is 1. The highest BCUT2D eigenvalue weighted by atomic mass is 19.4. The molecular weight excluding hydrogens is 512 g/mol. The topological polar surface area (TPSA) is 138 Å². The lowest BCUT2D eigenvalue weighted by Crippen LogP contribution is -2.29. The molecule has 2 amide bonds. The standard InChI is InChI=1S/C21H21F6N7O3/c1-9-6-12(32-33-16(9)15-11(3)31-34-17(15)21(25,26)27)8-28-19(36)29-13-7-14(20(22,23)24)30-18(10(13)2)37-5-4-35/h6-7,35H,4-5,8H2,1-3H3,(H,31,34)(H2,28,29,30,36). The first kappa shape index (κ1) is 27.6. The number of carbonyl (C=O) groups excluding carboxylic acids is 1. The van der Waals surface area contributed by atoms with Gasteiger partial charge in [-0.3, -0.25) is 5.10 Å². The molecule has 4 N–H and O–H groups in total. The summed E-state index contributed by atoms with van der Waals surface area (Å²) < 4.78 is 84.5. The van der Waals surface area contributed by atoms with E-state index in [9.17, 15) is 31.1 Å². The van der Waals surface area contributed by atoms with Crippen LogP contribution >= 0.6 is 0 Å². The van der Waals surface area contributed by atoms with Gasteiger partial charge >= 0.3 is 18.4 Å². The molecule has 0 aliphatic carbocycles. The average Bonchev–Trinajstić information content (AvgIpc) is 3.19.